The van der Waals surface area contributed by atoms with Crippen LogP contribution in [-0.2, 0) is 11.3 Å². The van der Waals surface area contributed by atoms with E-state index in [2.05, 4.69) is 15.1 Å². The molecule has 1 unspecified atom stereocenters. The van der Waals surface area contributed by atoms with Gasteiger partial charge in [-0.3, -0.25) is 4.98 Å². The van der Waals surface area contributed by atoms with E-state index in [1.54, 1.807) is 67.8 Å². The number of halogens is 1. The van der Waals surface area contributed by atoms with Gasteiger partial charge in [-0.25, -0.2) is 9.18 Å². The average molecular weight is 419 g/mol. The Morgan fingerprint density at radius 1 is 1.13 bits per heavy atom. The number of hydrogen-bond acceptors (Lipinski definition) is 7. The summed E-state index contributed by atoms with van der Waals surface area (Å²) in [5.74, 6) is 0.165. The lowest BCUT2D eigenvalue weighted by atomic mass is 10.2. The van der Waals surface area contributed by atoms with Gasteiger partial charge in [-0.15, -0.1) is 0 Å². The Balaban J connectivity index is 1.38. The molecule has 156 valence electrons. The molecule has 0 saturated carbocycles. The highest BCUT2D eigenvalue weighted by atomic mass is 19.1. The summed E-state index contributed by atoms with van der Waals surface area (Å²) in [6.45, 7) is 1.89. The van der Waals surface area contributed by atoms with Crippen molar-refractivity contribution in [2.45, 2.75) is 19.6 Å². The molecule has 2 aromatic carbocycles. The first kappa shape index (κ1) is 20.2. The van der Waals surface area contributed by atoms with Crippen molar-refractivity contribution in [1.29, 1.82) is 0 Å². The van der Waals surface area contributed by atoms with Crippen molar-refractivity contribution in [1.82, 2.24) is 15.1 Å². The van der Waals surface area contributed by atoms with Crippen molar-refractivity contribution in [3.8, 4) is 17.1 Å². The van der Waals surface area contributed by atoms with E-state index in [9.17, 15) is 9.18 Å². The highest BCUT2D eigenvalue weighted by molar-refractivity contribution is 5.90. The van der Waals surface area contributed by atoms with Crippen LogP contribution in [0.3, 0.4) is 0 Å². The maximum atomic E-state index is 13.0. The quantitative estimate of drug-likeness (QED) is 0.399. The third kappa shape index (κ3) is 5.11. The first-order valence-corrected chi connectivity index (χ1v) is 9.51. The number of aromatic nitrogens is 3. The minimum Gasteiger partial charge on any atom is -0.489 e. The first-order valence-electron chi connectivity index (χ1n) is 9.51. The molecule has 7 nitrogen and oxygen atoms in total. The number of ether oxygens (including phenoxy) is 2. The van der Waals surface area contributed by atoms with Crippen LogP contribution < -0.4 is 4.74 Å². The normalized spacial score (nSPS) is 11.7. The van der Waals surface area contributed by atoms with E-state index >= 15 is 0 Å². The highest BCUT2D eigenvalue weighted by Gasteiger charge is 2.20. The molecule has 0 N–H and O–H groups in total. The summed E-state index contributed by atoms with van der Waals surface area (Å²) in [5.41, 5.74) is 1.82. The van der Waals surface area contributed by atoms with Crippen molar-refractivity contribution >= 4 is 5.97 Å². The molecule has 2 heterocycles. The molecule has 0 bridgehead atoms. The molecule has 0 radical (unpaired) electrons. The van der Waals surface area contributed by atoms with Crippen LogP contribution in [0.4, 0.5) is 4.39 Å². The van der Waals surface area contributed by atoms with E-state index in [4.69, 9.17) is 14.0 Å². The van der Waals surface area contributed by atoms with Crippen LogP contribution in [0.2, 0.25) is 0 Å². The average Bonchev–Trinajstić information content (AvgIpc) is 3.30. The van der Waals surface area contributed by atoms with Gasteiger partial charge in [0.05, 0.1) is 5.56 Å². The lowest BCUT2D eigenvalue weighted by molar-refractivity contribution is 0.0265. The molecule has 0 aliphatic heterocycles. The van der Waals surface area contributed by atoms with Gasteiger partial charge in [0, 0.05) is 18.0 Å². The molecule has 4 rings (SSSR count). The zero-order valence-electron chi connectivity index (χ0n) is 16.6. The molecule has 4 aromatic rings. The predicted molar refractivity (Wildman–Crippen MR) is 109 cm³/mol. The second kappa shape index (κ2) is 9.17. The van der Waals surface area contributed by atoms with Crippen molar-refractivity contribution < 1.29 is 23.2 Å². The molecule has 0 saturated heterocycles. The maximum Gasteiger partial charge on any atom is 0.339 e. The zero-order chi connectivity index (χ0) is 21.6. The van der Waals surface area contributed by atoms with Crippen molar-refractivity contribution in [3.05, 3.63) is 95.9 Å². The first-order chi connectivity index (χ1) is 15.1. The summed E-state index contributed by atoms with van der Waals surface area (Å²) >= 11 is 0. The SMILES string of the molecule is CC(OC(=O)c1cccc(OCc2ccc(F)cc2)c1)c1nc(-c2cccnc2)no1. The van der Waals surface area contributed by atoms with E-state index in [1.165, 1.54) is 12.1 Å². The van der Waals surface area contributed by atoms with E-state index in [0.717, 1.165) is 5.56 Å². The Hall–Kier alpha value is -4.07. The van der Waals surface area contributed by atoms with E-state index in [1.807, 2.05) is 0 Å². The van der Waals surface area contributed by atoms with E-state index in [-0.39, 0.29) is 18.3 Å². The number of nitrogens with zero attached hydrogens (tertiary/aromatic N) is 3. The van der Waals surface area contributed by atoms with E-state index in [0.29, 0.717) is 22.7 Å². The number of carbonyl (C=O) groups is 1. The number of hydrogen-bond donors (Lipinski definition) is 0. The molecule has 0 amide bonds. The van der Waals surface area contributed by atoms with Gasteiger partial charge in [-0.2, -0.15) is 4.98 Å². The number of carbonyl (C=O) groups excluding carboxylic acids is 1. The fourth-order valence-corrected chi connectivity index (χ4v) is 2.75. The smallest absolute Gasteiger partial charge is 0.339 e. The summed E-state index contributed by atoms with van der Waals surface area (Å²) in [5, 5.41) is 3.90. The molecule has 31 heavy (non-hydrogen) atoms. The molecular formula is C23H18FN3O4. The Bertz CT molecular complexity index is 1160. The van der Waals surface area contributed by atoms with Crippen molar-refractivity contribution in [3.63, 3.8) is 0 Å². The second-order valence-electron chi connectivity index (χ2n) is 6.69. The van der Waals surface area contributed by atoms with E-state index < -0.39 is 12.1 Å². The van der Waals surface area contributed by atoms with Crippen molar-refractivity contribution in [2.24, 2.45) is 0 Å². The summed E-state index contributed by atoms with van der Waals surface area (Å²) in [7, 11) is 0. The van der Waals surface area contributed by atoms with Crippen LogP contribution in [0.1, 0.15) is 34.8 Å². The molecular weight excluding hydrogens is 401 g/mol. The summed E-state index contributed by atoms with van der Waals surface area (Å²) in [6.07, 6.45) is 2.52. The van der Waals surface area contributed by atoms with Gasteiger partial charge in [0.15, 0.2) is 6.10 Å². The van der Waals surface area contributed by atoms with Crippen LogP contribution in [0.5, 0.6) is 5.75 Å². The molecule has 0 spiro atoms. The van der Waals surface area contributed by atoms with Gasteiger partial charge in [0.1, 0.15) is 18.2 Å². The number of benzene rings is 2. The fourth-order valence-electron chi connectivity index (χ4n) is 2.75. The van der Waals surface area contributed by atoms with Gasteiger partial charge < -0.3 is 14.0 Å². The summed E-state index contributed by atoms with van der Waals surface area (Å²) in [4.78, 5) is 20.8. The fraction of sp³-hybridized carbons (Fsp3) is 0.130. The van der Waals surface area contributed by atoms with Gasteiger partial charge in [-0.1, -0.05) is 23.4 Å². The minimum absolute atomic E-state index is 0.177. The minimum atomic E-state index is -0.741. The van der Waals surface area contributed by atoms with Gasteiger partial charge in [-0.05, 0) is 55.0 Å². The molecule has 1 atom stereocenters. The highest BCUT2D eigenvalue weighted by Crippen LogP contribution is 2.22. The lowest BCUT2D eigenvalue weighted by Crippen LogP contribution is -2.10. The zero-order valence-corrected chi connectivity index (χ0v) is 16.6. The van der Waals surface area contributed by atoms with Crippen LogP contribution in [0, 0.1) is 5.82 Å². The molecule has 0 aliphatic rings. The largest absolute Gasteiger partial charge is 0.489 e. The lowest BCUT2D eigenvalue weighted by Gasteiger charge is -2.11. The van der Waals surface area contributed by atoms with Crippen LogP contribution in [-0.4, -0.2) is 21.1 Å². The van der Waals surface area contributed by atoms with Gasteiger partial charge in [0.25, 0.3) is 5.89 Å². The Morgan fingerprint density at radius 2 is 1.97 bits per heavy atom. The number of rotatable bonds is 7. The van der Waals surface area contributed by atoms with Crippen molar-refractivity contribution in [2.75, 3.05) is 0 Å². The molecule has 8 heteroatoms. The molecule has 0 aliphatic carbocycles. The summed E-state index contributed by atoms with van der Waals surface area (Å²) < 4.78 is 29.4. The topological polar surface area (TPSA) is 87.3 Å². The molecule has 2 aromatic heterocycles. The van der Waals surface area contributed by atoms with Crippen LogP contribution >= 0.6 is 0 Å². The van der Waals surface area contributed by atoms with Crippen LogP contribution in [0.15, 0.2) is 77.6 Å². The maximum absolute atomic E-state index is 13.0. The third-order valence-corrected chi connectivity index (χ3v) is 4.38. The van der Waals surface area contributed by atoms with Crippen LogP contribution in [0.25, 0.3) is 11.4 Å². The standard InChI is InChI=1S/C23H18FN3O4/c1-15(22-26-21(27-31-22)18-5-3-11-25-13-18)30-23(28)17-4-2-6-20(12-17)29-14-16-7-9-19(24)10-8-16/h2-13,15H,14H2,1H3. The Kier molecular flexibility index (Phi) is 5.98. The van der Waals surface area contributed by atoms with Gasteiger partial charge >= 0.3 is 5.97 Å². The Labute approximate surface area is 177 Å². The molecule has 0 fully saturated rings. The number of esters is 1. The number of pyridine rings is 1. The van der Waals surface area contributed by atoms with Gasteiger partial charge in [0.2, 0.25) is 5.82 Å². The monoisotopic (exact) mass is 419 g/mol. The predicted octanol–water partition coefficient (Wildman–Crippen LogP) is 4.77. The second-order valence-corrected chi connectivity index (χ2v) is 6.69. The Morgan fingerprint density at radius 3 is 2.74 bits per heavy atom. The summed E-state index contributed by atoms with van der Waals surface area (Å²) in [6, 6.07) is 16.2. The third-order valence-electron chi connectivity index (χ3n) is 4.38.